The summed E-state index contributed by atoms with van der Waals surface area (Å²) < 4.78 is 52.6. The zero-order chi connectivity index (χ0) is 35.6. The van der Waals surface area contributed by atoms with Crippen LogP contribution in [0.2, 0.25) is 0 Å². The van der Waals surface area contributed by atoms with E-state index in [0.717, 1.165) is 34.4 Å². The summed E-state index contributed by atoms with van der Waals surface area (Å²) in [5, 5.41) is 8.03. The van der Waals surface area contributed by atoms with Gasteiger partial charge in [-0.05, 0) is 42.3 Å². The van der Waals surface area contributed by atoms with E-state index in [1.54, 1.807) is 36.4 Å². The molecule has 1 saturated carbocycles. The van der Waals surface area contributed by atoms with E-state index in [2.05, 4.69) is 20.1 Å². The second-order valence-electron chi connectivity index (χ2n) is 12.6. The first-order valence-corrected chi connectivity index (χ1v) is 18.0. The van der Waals surface area contributed by atoms with Crippen molar-refractivity contribution in [3.63, 3.8) is 0 Å². The largest absolute Gasteiger partial charge is 0.460 e. The van der Waals surface area contributed by atoms with E-state index in [-0.39, 0.29) is 12.4 Å². The van der Waals surface area contributed by atoms with Crippen molar-refractivity contribution < 1.29 is 37.4 Å². The van der Waals surface area contributed by atoms with Crippen LogP contribution in [0.25, 0.3) is 21.2 Å². The van der Waals surface area contributed by atoms with Crippen molar-refractivity contribution in [1.82, 2.24) is 14.6 Å². The van der Waals surface area contributed by atoms with E-state index in [1.807, 2.05) is 36.4 Å². The van der Waals surface area contributed by atoms with E-state index in [9.17, 15) is 24.5 Å². The molecule has 51 heavy (non-hydrogen) atoms. The lowest BCUT2D eigenvalue weighted by molar-refractivity contribution is -0.237. The summed E-state index contributed by atoms with van der Waals surface area (Å²) in [6.07, 6.45) is 0.536. The van der Waals surface area contributed by atoms with Gasteiger partial charge < -0.3 is 23.5 Å². The zero-order valence-electron chi connectivity index (χ0n) is 27.5. The van der Waals surface area contributed by atoms with E-state index < -0.39 is 67.6 Å². The molecular weight excluding hydrogens is 683 g/mol. The van der Waals surface area contributed by atoms with Gasteiger partial charge in [0.2, 0.25) is 5.72 Å². The van der Waals surface area contributed by atoms with Crippen molar-refractivity contribution in [3.8, 4) is 5.75 Å². The van der Waals surface area contributed by atoms with E-state index >= 15 is 0 Å². The Bertz CT molecular complexity index is 2130. The van der Waals surface area contributed by atoms with E-state index in [4.69, 9.17) is 28.0 Å². The maximum Gasteiger partial charge on any atom is 0.459 e. The molecule has 6 atom stereocenters. The monoisotopic (exact) mass is 718 g/mol. The van der Waals surface area contributed by atoms with Crippen LogP contribution in [0.15, 0.2) is 99.8 Å². The van der Waals surface area contributed by atoms with Gasteiger partial charge in [-0.2, -0.15) is 5.09 Å². The predicted octanol–water partition coefficient (Wildman–Crippen LogP) is 5.20. The summed E-state index contributed by atoms with van der Waals surface area (Å²) in [4.78, 5) is 43.1. The highest BCUT2D eigenvalue weighted by molar-refractivity contribution is 7.52. The summed E-state index contributed by atoms with van der Waals surface area (Å²) in [6, 6.07) is 21.4. The Morgan fingerprint density at radius 1 is 1.06 bits per heavy atom. The second-order valence-corrected chi connectivity index (χ2v) is 14.3. The van der Waals surface area contributed by atoms with Gasteiger partial charge in [0.25, 0.3) is 5.56 Å². The van der Waals surface area contributed by atoms with Crippen LogP contribution in [0.5, 0.6) is 5.75 Å². The van der Waals surface area contributed by atoms with Gasteiger partial charge in [-0.3, -0.25) is 23.7 Å². The minimum atomic E-state index is -4.57. The van der Waals surface area contributed by atoms with Crippen LogP contribution in [0.3, 0.4) is 0 Å². The fourth-order valence-corrected chi connectivity index (χ4v) is 8.18. The van der Waals surface area contributed by atoms with Gasteiger partial charge in [-0.25, -0.2) is 9.36 Å². The fraction of sp³-hybridized carbons (Fsp3) is 0.382. The van der Waals surface area contributed by atoms with Crippen LogP contribution in [-0.2, 0) is 39.4 Å². The highest BCUT2D eigenvalue weighted by atomic mass is 31.2. The average Bonchev–Trinajstić information content (AvgIpc) is 3.82. The molecule has 3 fully saturated rings. The third-order valence-electron chi connectivity index (χ3n) is 9.08. The Kier molecular flexibility index (Phi) is 9.57. The molecule has 16 nitrogen and oxygen atoms in total. The molecule has 0 radical (unpaired) electrons. The number of fused-ring (bicyclic) bond motifs is 2. The lowest BCUT2D eigenvalue weighted by Gasteiger charge is -2.33. The Hall–Kier alpha value is -4.79. The molecule has 266 valence electrons. The molecule has 0 amide bonds. The number of nitrogens with zero attached hydrogens (tertiary/aromatic N) is 4. The number of rotatable bonds is 12. The number of aromatic nitrogens is 2. The third kappa shape index (κ3) is 7.08. The lowest BCUT2D eigenvalue weighted by Crippen LogP contribution is -2.46. The Morgan fingerprint density at radius 2 is 1.80 bits per heavy atom. The van der Waals surface area contributed by atoms with Crippen LogP contribution in [0, 0.1) is 0 Å². The Labute approximate surface area is 290 Å². The molecule has 3 heterocycles. The molecule has 0 bridgehead atoms. The molecule has 2 saturated heterocycles. The first kappa shape index (κ1) is 34.6. The molecule has 2 aliphatic heterocycles. The maximum atomic E-state index is 14.8. The molecular formula is C34H35N6O10P. The molecule has 1 unspecified atom stereocenters. The number of carbonyl (C=O) groups excluding carboxylic acids is 1. The van der Waals surface area contributed by atoms with Crippen LogP contribution >= 0.6 is 7.75 Å². The highest BCUT2D eigenvalue weighted by Crippen LogP contribution is 2.55. The van der Waals surface area contributed by atoms with Gasteiger partial charge in [0.15, 0.2) is 12.0 Å². The van der Waals surface area contributed by atoms with Gasteiger partial charge in [-0.1, -0.05) is 71.8 Å². The molecule has 3 aliphatic rings. The second kappa shape index (κ2) is 14.1. The molecule has 7 rings (SSSR count). The predicted molar refractivity (Wildman–Crippen MR) is 181 cm³/mol. The lowest BCUT2D eigenvalue weighted by atomic mass is 10.1. The number of esters is 1. The van der Waals surface area contributed by atoms with Gasteiger partial charge in [0.1, 0.15) is 30.6 Å². The molecule has 1 spiro atoms. The minimum Gasteiger partial charge on any atom is -0.460 e. The van der Waals surface area contributed by atoms with Gasteiger partial charge in [-0.15, -0.1) is 0 Å². The van der Waals surface area contributed by atoms with Crippen molar-refractivity contribution in [2.45, 2.75) is 75.2 Å². The van der Waals surface area contributed by atoms with Crippen molar-refractivity contribution in [2.75, 3.05) is 6.61 Å². The molecule has 2 N–H and O–H groups in total. The standard InChI is InChI=1S/C34H35N6O10P/c1-22(31(42)45-20-23-10-3-2-4-11-23)37-51(44,50-26-15-9-13-24-12-5-6-14-25(24)26)46-21-34(38-39-35)29-28(47-33(48-29)17-7-8-18-33)30(49-34)40-19-16-27(41)36-32(40)43/h2-6,9-16,19,22,28-30H,7-8,17-18,20-21H2,1H3,(H,37,44)(H,36,41,43)/t22-,28+,29-,30+,34+,51?/m0/s1. The van der Waals surface area contributed by atoms with Crippen molar-refractivity contribution in [1.29, 1.82) is 0 Å². The number of benzene rings is 3. The summed E-state index contributed by atoms with van der Waals surface area (Å²) in [6.45, 7) is 0.688. The summed E-state index contributed by atoms with van der Waals surface area (Å²) >= 11 is 0. The number of carbonyl (C=O) groups is 1. The van der Waals surface area contributed by atoms with E-state index in [1.165, 1.54) is 13.1 Å². The normalized spacial score (nSPS) is 25.2. The average molecular weight is 719 g/mol. The van der Waals surface area contributed by atoms with Crippen molar-refractivity contribution in [3.05, 3.63) is 122 Å². The van der Waals surface area contributed by atoms with Crippen molar-refractivity contribution in [2.24, 2.45) is 5.11 Å². The van der Waals surface area contributed by atoms with Gasteiger partial charge >= 0.3 is 19.4 Å². The zero-order valence-corrected chi connectivity index (χ0v) is 28.3. The third-order valence-corrected chi connectivity index (χ3v) is 10.7. The number of hydrogen-bond acceptors (Lipinski definition) is 11. The number of aromatic amines is 1. The van der Waals surface area contributed by atoms with Crippen molar-refractivity contribution >= 4 is 24.5 Å². The molecule has 4 aromatic rings. The number of ether oxygens (including phenoxy) is 4. The summed E-state index contributed by atoms with van der Waals surface area (Å²) in [7, 11) is -4.57. The maximum absolute atomic E-state index is 14.8. The highest BCUT2D eigenvalue weighted by Gasteiger charge is 2.66. The topological polar surface area (TPSA) is 205 Å². The summed E-state index contributed by atoms with van der Waals surface area (Å²) in [5.74, 6) is -1.60. The number of hydrogen-bond donors (Lipinski definition) is 2. The first-order valence-electron chi connectivity index (χ1n) is 16.4. The number of nitrogens with one attached hydrogen (secondary N) is 2. The van der Waals surface area contributed by atoms with Crippen LogP contribution in [0.4, 0.5) is 0 Å². The first-order chi connectivity index (χ1) is 24.6. The van der Waals surface area contributed by atoms with Crippen LogP contribution in [0.1, 0.15) is 44.4 Å². The molecule has 3 aromatic carbocycles. The number of azide groups is 1. The van der Waals surface area contributed by atoms with Crippen LogP contribution < -0.4 is 20.9 Å². The molecule has 17 heteroatoms. The fourth-order valence-electron chi connectivity index (χ4n) is 6.64. The molecule has 1 aliphatic carbocycles. The quantitative estimate of drug-likeness (QED) is 0.0640. The van der Waals surface area contributed by atoms with E-state index in [0.29, 0.717) is 18.2 Å². The SMILES string of the molecule is C[C@H](NP(=O)(OC[C@@]1(N=[N+]=[N-])O[C@@H](n2ccc(=O)[nH]c2=O)[C@@H]2OC3(CCCC3)O[C@@H]21)Oc1cccc2ccccc12)C(=O)OCc1ccccc1. The van der Waals surface area contributed by atoms with Gasteiger partial charge in [0, 0.05) is 35.4 Å². The molecule has 1 aromatic heterocycles. The van der Waals surface area contributed by atoms with Gasteiger partial charge in [0.05, 0.1) is 6.61 Å². The van der Waals surface area contributed by atoms with Crippen LogP contribution in [-0.4, -0.2) is 51.9 Å². The number of H-pyrrole nitrogens is 1. The summed E-state index contributed by atoms with van der Waals surface area (Å²) in [5.41, 5.74) is 7.08. The minimum absolute atomic E-state index is 0.0253. The Morgan fingerprint density at radius 3 is 2.57 bits per heavy atom. The Balaban J connectivity index is 1.21. The smallest absolute Gasteiger partial charge is 0.459 e.